The lowest BCUT2D eigenvalue weighted by atomic mass is 9.62. The van der Waals surface area contributed by atoms with Crippen molar-refractivity contribution in [2.24, 2.45) is 11.7 Å². The Morgan fingerprint density at radius 1 is 1.59 bits per heavy atom. The summed E-state index contributed by atoms with van der Waals surface area (Å²) in [6, 6.07) is 4.11. The van der Waals surface area contributed by atoms with E-state index < -0.39 is 0 Å². The summed E-state index contributed by atoms with van der Waals surface area (Å²) >= 11 is 5.40. The van der Waals surface area contributed by atoms with Gasteiger partial charge in [0.1, 0.15) is 0 Å². The van der Waals surface area contributed by atoms with Crippen LogP contribution in [-0.2, 0) is 5.41 Å². The minimum Gasteiger partial charge on any atom is -0.393 e. The minimum absolute atomic E-state index is 0.114. The highest BCUT2D eigenvalue weighted by Gasteiger charge is 2.43. The molecule has 0 saturated heterocycles. The summed E-state index contributed by atoms with van der Waals surface area (Å²) in [5, 5.41) is 0. The van der Waals surface area contributed by atoms with Crippen LogP contribution >= 0.6 is 12.2 Å². The molecule has 0 spiro atoms. The summed E-state index contributed by atoms with van der Waals surface area (Å²) in [5.41, 5.74) is 7.20. The Morgan fingerprint density at radius 2 is 2.41 bits per heavy atom. The second-order valence-electron chi connectivity index (χ2n) is 4.93. The van der Waals surface area contributed by atoms with Gasteiger partial charge in [-0.2, -0.15) is 0 Å². The number of aromatic nitrogens is 1. The Labute approximate surface area is 109 Å². The average molecular weight is 248 g/mol. The number of hydrogen-bond donors (Lipinski definition) is 1. The van der Waals surface area contributed by atoms with Gasteiger partial charge in [-0.15, -0.1) is 0 Å². The third kappa shape index (κ3) is 2.08. The highest BCUT2D eigenvalue weighted by atomic mass is 32.1. The van der Waals surface area contributed by atoms with Gasteiger partial charge in [0.25, 0.3) is 0 Å². The van der Waals surface area contributed by atoms with E-state index >= 15 is 0 Å². The zero-order valence-corrected chi connectivity index (χ0v) is 11.2. The number of rotatable bonds is 3. The molecule has 0 radical (unpaired) electrons. The van der Waals surface area contributed by atoms with Crippen LogP contribution in [-0.4, -0.2) is 9.97 Å². The Balaban J connectivity index is 2.47. The molecule has 2 nitrogen and oxygen atoms in total. The molecule has 1 aliphatic rings. The van der Waals surface area contributed by atoms with Crippen LogP contribution in [0, 0.1) is 5.92 Å². The highest BCUT2D eigenvalue weighted by Crippen LogP contribution is 2.45. The van der Waals surface area contributed by atoms with Gasteiger partial charge < -0.3 is 5.73 Å². The summed E-state index contributed by atoms with van der Waals surface area (Å²) in [6.45, 7) is 2.24. The lowest BCUT2D eigenvalue weighted by Crippen LogP contribution is -2.48. The lowest BCUT2D eigenvalue weighted by molar-refractivity contribution is 0.247. The Hall–Kier alpha value is -0.960. The van der Waals surface area contributed by atoms with Crippen LogP contribution in [0.3, 0.4) is 0 Å². The molecule has 1 heterocycles. The molecular weight excluding hydrogens is 228 g/mol. The molecule has 2 N–H and O–H groups in total. The quantitative estimate of drug-likeness (QED) is 0.835. The molecule has 0 aliphatic heterocycles. The first kappa shape index (κ1) is 12.5. The van der Waals surface area contributed by atoms with Crippen LogP contribution in [0.2, 0.25) is 0 Å². The van der Waals surface area contributed by atoms with Gasteiger partial charge in [0.2, 0.25) is 0 Å². The zero-order chi connectivity index (χ0) is 12.3. The molecule has 17 heavy (non-hydrogen) atoms. The minimum atomic E-state index is -0.114. The van der Waals surface area contributed by atoms with Gasteiger partial charge in [-0.3, -0.25) is 4.98 Å². The molecular formula is C14H20N2S. The summed E-state index contributed by atoms with van der Waals surface area (Å²) in [4.78, 5) is 4.89. The maximum Gasteiger partial charge on any atom is 0.0838 e. The third-order valence-corrected chi connectivity index (χ3v) is 4.54. The van der Waals surface area contributed by atoms with Crippen LogP contribution in [0.5, 0.6) is 0 Å². The molecule has 0 aromatic carbocycles. The van der Waals surface area contributed by atoms with Crippen molar-refractivity contribution in [3.8, 4) is 0 Å². The van der Waals surface area contributed by atoms with E-state index in [0.29, 0.717) is 10.9 Å². The zero-order valence-electron chi connectivity index (χ0n) is 10.4. The first-order chi connectivity index (χ1) is 8.21. The second kappa shape index (κ2) is 5.13. The van der Waals surface area contributed by atoms with E-state index in [1.165, 1.54) is 24.8 Å². The molecule has 1 fully saturated rings. The number of pyridine rings is 1. The van der Waals surface area contributed by atoms with Crippen molar-refractivity contribution in [3.63, 3.8) is 0 Å². The van der Waals surface area contributed by atoms with Crippen molar-refractivity contribution in [2.45, 2.75) is 44.4 Å². The molecule has 3 heteroatoms. The van der Waals surface area contributed by atoms with Crippen LogP contribution in [0.25, 0.3) is 0 Å². The lowest BCUT2D eigenvalue weighted by Gasteiger charge is -2.43. The third-order valence-electron chi connectivity index (χ3n) is 4.18. The maximum atomic E-state index is 6.10. The summed E-state index contributed by atoms with van der Waals surface area (Å²) in [7, 11) is 0. The number of nitrogens with zero attached hydrogens (tertiary/aromatic N) is 1. The molecule has 1 aromatic heterocycles. The van der Waals surface area contributed by atoms with Crippen molar-refractivity contribution in [3.05, 3.63) is 30.1 Å². The van der Waals surface area contributed by atoms with Crippen molar-refractivity contribution >= 4 is 17.2 Å². The largest absolute Gasteiger partial charge is 0.393 e. The van der Waals surface area contributed by atoms with Gasteiger partial charge in [0, 0.05) is 17.8 Å². The summed E-state index contributed by atoms with van der Waals surface area (Å²) in [5.74, 6) is 0.568. The van der Waals surface area contributed by atoms with E-state index in [9.17, 15) is 0 Å². The van der Waals surface area contributed by atoms with Crippen molar-refractivity contribution < 1.29 is 0 Å². The van der Waals surface area contributed by atoms with Gasteiger partial charge in [0.05, 0.1) is 4.99 Å². The topological polar surface area (TPSA) is 38.9 Å². The SMILES string of the molecule is CCC1CCCCC1(C(N)=S)c1cccnc1. The van der Waals surface area contributed by atoms with E-state index in [4.69, 9.17) is 18.0 Å². The monoisotopic (exact) mass is 248 g/mol. The Morgan fingerprint density at radius 3 is 3.00 bits per heavy atom. The average Bonchev–Trinajstić information content (AvgIpc) is 2.39. The molecule has 2 atom stereocenters. The summed E-state index contributed by atoms with van der Waals surface area (Å²) in [6.07, 6.45) is 9.68. The molecule has 2 rings (SSSR count). The fourth-order valence-corrected chi connectivity index (χ4v) is 3.66. The molecule has 1 saturated carbocycles. The first-order valence-corrected chi connectivity index (χ1v) is 6.83. The standard InChI is InChI=1S/C14H20N2S/c1-2-11-6-3-4-8-14(11,13(15)17)12-7-5-9-16-10-12/h5,7,9-11H,2-4,6,8H2,1H3,(H2,15,17). The van der Waals surface area contributed by atoms with E-state index in [0.717, 1.165) is 12.8 Å². The van der Waals surface area contributed by atoms with E-state index in [1.807, 2.05) is 12.3 Å². The van der Waals surface area contributed by atoms with E-state index in [1.54, 1.807) is 6.20 Å². The van der Waals surface area contributed by atoms with Gasteiger partial charge in [0.15, 0.2) is 0 Å². The normalized spacial score (nSPS) is 28.9. The predicted octanol–water partition coefficient (Wildman–Crippen LogP) is 3.21. The molecule has 92 valence electrons. The van der Waals surface area contributed by atoms with Crippen LogP contribution in [0.15, 0.2) is 24.5 Å². The fraction of sp³-hybridized carbons (Fsp3) is 0.571. The van der Waals surface area contributed by atoms with E-state index in [-0.39, 0.29) is 5.41 Å². The van der Waals surface area contributed by atoms with Crippen molar-refractivity contribution in [2.75, 3.05) is 0 Å². The smallest absolute Gasteiger partial charge is 0.0838 e. The second-order valence-corrected chi connectivity index (χ2v) is 5.37. The van der Waals surface area contributed by atoms with Gasteiger partial charge >= 0.3 is 0 Å². The van der Waals surface area contributed by atoms with Crippen LogP contribution in [0.1, 0.15) is 44.6 Å². The highest BCUT2D eigenvalue weighted by molar-refractivity contribution is 7.80. The predicted molar refractivity (Wildman–Crippen MR) is 74.9 cm³/mol. The molecule has 1 aromatic rings. The number of thiocarbonyl (C=S) groups is 1. The Bertz CT molecular complexity index is 390. The van der Waals surface area contributed by atoms with E-state index in [2.05, 4.69) is 18.0 Å². The molecule has 1 aliphatic carbocycles. The molecule has 0 bridgehead atoms. The Kier molecular flexibility index (Phi) is 3.77. The van der Waals surface area contributed by atoms with Crippen LogP contribution < -0.4 is 5.73 Å². The maximum absolute atomic E-state index is 6.10. The fourth-order valence-electron chi connectivity index (χ4n) is 3.27. The number of hydrogen-bond acceptors (Lipinski definition) is 2. The number of nitrogens with two attached hydrogens (primary N) is 1. The molecule has 0 amide bonds. The van der Waals surface area contributed by atoms with Crippen LogP contribution in [0.4, 0.5) is 0 Å². The first-order valence-electron chi connectivity index (χ1n) is 6.42. The van der Waals surface area contributed by atoms with Gasteiger partial charge in [-0.05, 0) is 30.4 Å². The van der Waals surface area contributed by atoms with Gasteiger partial charge in [-0.1, -0.05) is 44.5 Å². The molecule has 2 unspecified atom stereocenters. The summed E-state index contributed by atoms with van der Waals surface area (Å²) < 4.78 is 0. The van der Waals surface area contributed by atoms with Crippen molar-refractivity contribution in [1.29, 1.82) is 0 Å². The van der Waals surface area contributed by atoms with Gasteiger partial charge in [-0.25, -0.2) is 0 Å². The van der Waals surface area contributed by atoms with Crippen molar-refractivity contribution in [1.82, 2.24) is 4.98 Å².